The molecule has 0 radical (unpaired) electrons. The number of hydrogen-bond acceptors (Lipinski definition) is 0. The predicted molar refractivity (Wildman–Crippen MR) is 30.7 cm³/mol. The first-order chi connectivity index (χ1) is 2.00. The molecule has 0 heterocycles. The van der Waals surface area contributed by atoms with E-state index in [1.165, 1.54) is 0 Å². The maximum atomic E-state index is 2.12. The summed E-state index contributed by atoms with van der Waals surface area (Å²) in [6, 6.07) is 0. The Morgan fingerprint density at radius 2 is 0.857 bits per heavy atom. The van der Waals surface area contributed by atoms with Crippen molar-refractivity contribution in [1.82, 2.24) is 0 Å². The molecule has 0 spiro atoms. The SMILES string of the molecule is C.C[N+](C)(C)C.[F-]. The van der Waals surface area contributed by atoms with Gasteiger partial charge in [0, 0.05) is 0 Å². The Balaban J connectivity index is -0.0000000800. The predicted octanol–water partition coefficient (Wildman–Crippen LogP) is -2.04. The van der Waals surface area contributed by atoms with Crippen LogP contribution < -0.4 is 4.70 Å². The lowest BCUT2D eigenvalue weighted by molar-refractivity contribution is -0.849. The highest BCUT2D eigenvalue weighted by Crippen LogP contribution is 1.73. The van der Waals surface area contributed by atoms with Gasteiger partial charge in [0.25, 0.3) is 0 Å². The van der Waals surface area contributed by atoms with Crippen LogP contribution in [0.5, 0.6) is 0 Å². The summed E-state index contributed by atoms with van der Waals surface area (Å²) in [6.45, 7) is 0. The Kier molecular flexibility index (Phi) is 9.16. The average Bonchev–Trinajstić information content (AvgIpc) is 0.722. The van der Waals surface area contributed by atoms with E-state index in [0.29, 0.717) is 0 Å². The molecule has 0 fully saturated rings. The third-order valence-corrected chi connectivity index (χ3v) is 0. The third-order valence-electron chi connectivity index (χ3n) is 0. The zero-order valence-corrected chi connectivity index (χ0v) is 4.83. The summed E-state index contributed by atoms with van der Waals surface area (Å²) in [4.78, 5) is 0. The van der Waals surface area contributed by atoms with Crippen molar-refractivity contribution in [3.63, 3.8) is 0 Å². The molecule has 0 rings (SSSR count). The van der Waals surface area contributed by atoms with Gasteiger partial charge in [0.1, 0.15) is 0 Å². The van der Waals surface area contributed by atoms with E-state index < -0.39 is 0 Å². The van der Waals surface area contributed by atoms with Crippen molar-refractivity contribution in [1.29, 1.82) is 0 Å². The molecule has 0 aliphatic heterocycles. The van der Waals surface area contributed by atoms with Gasteiger partial charge in [-0.2, -0.15) is 0 Å². The summed E-state index contributed by atoms with van der Waals surface area (Å²) in [5.74, 6) is 0. The van der Waals surface area contributed by atoms with Gasteiger partial charge in [0.05, 0.1) is 28.2 Å². The standard InChI is InChI=1S/C4H12N.CH4.FH/c1-5(2,3)4;;/h1-4H3;1H4;1H/q+1;;/p-1. The normalized spacial score (nSPS) is 8.57. The van der Waals surface area contributed by atoms with Crippen molar-refractivity contribution in [3.8, 4) is 0 Å². The molecule has 0 aliphatic carbocycles. The van der Waals surface area contributed by atoms with Gasteiger partial charge in [0.2, 0.25) is 0 Å². The molecule has 0 aliphatic rings. The lowest BCUT2D eigenvalue weighted by Crippen LogP contribution is -3.00. The van der Waals surface area contributed by atoms with E-state index in [2.05, 4.69) is 28.2 Å². The molecule has 0 atom stereocenters. The van der Waals surface area contributed by atoms with Gasteiger partial charge in [-0.15, -0.1) is 0 Å². The van der Waals surface area contributed by atoms with Gasteiger partial charge >= 0.3 is 0 Å². The van der Waals surface area contributed by atoms with E-state index in [1.807, 2.05) is 0 Å². The maximum absolute atomic E-state index is 2.12. The van der Waals surface area contributed by atoms with Crippen LogP contribution in [0.2, 0.25) is 0 Å². The van der Waals surface area contributed by atoms with Crippen LogP contribution in [0, 0.1) is 0 Å². The molecular weight excluding hydrogens is 93.1 g/mol. The van der Waals surface area contributed by atoms with E-state index in [1.54, 1.807) is 0 Å². The molecule has 0 saturated carbocycles. The van der Waals surface area contributed by atoms with Crippen LogP contribution in [0.3, 0.4) is 0 Å². The van der Waals surface area contributed by atoms with Gasteiger partial charge < -0.3 is 9.19 Å². The van der Waals surface area contributed by atoms with Crippen molar-refractivity contribution in [2.75, 3.05) is 28.2 Å². The smallest absolute Gasteiger partial charge is 0.0675 e. The minimum absolute atomic E-state index is 0. The molecule has 0 saturated heterocycles. The Morgan fingerprint density at radius 3 is 0.857 bits per heavy atom. The van der Waals surface area contributed by atoms with Gasteiger partial charge in [-0.25, -0.2) is 0 Å². The Labute approximate surface area is 45.9 Å². The molecule has 0 N–H and O–H groups in total. The second kappa shape index (κ2) is 4.06. The zero-order valence-electron chi connectivity index (χ0n) is 4.83. The van der Waals surface area contributed by atoms with Crippen molar-refractivity contribution in [2.45, 2.75) is 7.43 Å². The number of hydrogen-bond donors (Lipinski definition) is 0. The lowest BCUT2D eigenvalue weighted by Gasteiger charge is -2.14. The molecule has 0 amide bonds. The molecule has 1 nitrogen and oxygen atoms in total. The van der Waals surface area contributed by atoms with E-state index in [9.17, 15) is 0 Å². The molecule has 0 aromatic rings. The van der Waals surface area contributed by atoms with Crippen LogP contribution in [-0.4, -0.2) is 32.7 Å². The van der Waals surface area contributed by atoms with Crippen molar-refractivity contribution in [2.24, 2.45) is 0 Å². The van der Waals surface area contributed by atoms with Crippen molar-refractivity contribution in [3.05, 3.63) is 0 Å². The molecule has 48 valence electrons. The second-order valence-electron chi connectivity index (χ2n) is 2.68. The molecule has 0 aromatic carbocycles. The molecule has 0 aromatic heterocycles. The maximum Gasteiger partial charge on any atom is 0.0675 e. The van der Waals surface area contributed by atoms with Crippen LogP contribution in [0.25, 0.3) is 0 Å². The van der Waals surface area contributed by atoms with Crippen LogP contribution in [0.15, 0.2) is 0 Å². The quantitative estimate of drug-likeness (QED) is 0.314. The zero-order chi connectivity index (χ0) is 4.50. The van der Waals surface area contributed by atoms with E-state index in [4.69, 9.17) is 0 Å². The summed E-state index contributed by atoms with van der Waals surface area (Å²) in [6.07, 6.45) is 0. The third kappa shape index (κ3) is 7370. The summed E-state index contributed by atoms with van der Waals surface area (Å²) in [7, 11) is 8.50. The van der Waals surface area contributed by atoms with Crippen LogP contribution >= 0.6 is 0 Å². The van der Waals surface area contributed by atoms with Crippen LogP contribution in [0.1, 0.15) is 7.43 Å². The highest BCUT2D eigenvalue weighted by Gasteiger charge is 1.88. The first-order valence-electron chi connectivity index (χ1n) is 1.79. The Bertz CT molecular complexity index is 23.6. The summed E-state index contributed by atoms with van der Waals surface area (Å²) >= 11 is 0. The number of nitrogens with zero attached hydrogens (tertiary/aromatic N) is 1. The number of halogens is 1. The molecule has 7 heavy (non-hydrogen) atoms. The molecule has 2 heteroatoms. The van der Waals surface area contributed by atoms with Crippen LogP contribution in [-0.2, 0) is 0 Å². The largest absolute Gasteiger partial charge is 1.00 e. The summed E-state index contributed by atoms with van der Waals surface area (Å²) < 4.78 is 1.00. The fraction of sp³-hybridized carbons (Fsp3) is 1.00. The van der Waals surface area contributed by atoms with Gasteiger partial charge in [-0.1, -0.05) is 7.43 Å². The number of rotatable bonds is 0. The second-order valence-corrected chi connectivity index (χ2v) is 2.68. The van der Waals surface area contributed by atoms with Gasteiger partial charge in [-0.3, -0.25) is 0 Å². The van der Waals surface area contributed by atoms with Gasteiger partial charge in [0.15, 0.2) is 0 Å². The fourth-order valence-electron chi connectivity index (χ4n) is 0. The Hall–Kier alpha value is -0.110. The van der Waals surface area contributed by atoms with E-state index in [-0.39, 0.29) is 12.1 Å². The first kappa shape index (κ1) is 15.8. The number of quaternary nitrogens is 1. The fourth-order valence-corrected chi connectivity index (χ4v) is 0. The molecule has 0 bridgehead atoms. The summed E-state index contributed by atoms with van der Waals surface area (Å²) in [5, 5.41) is 0. The lowest BCUT2D eigenvalue weighted by atomic mass is 10.8. The monoisotopic (exact) mass is 109 g/mol. The molecular formula is C5H16FN. The topological polar surface area (TPSA) is 0 Å². The Morgan fingerprint density at radius 1 is 0.857 bits per heavy atom. The summed E-state index contributed by atoms with van der Waals surface area (Å²) in [5.41, 5.74) is 0. The average molecular weight is 109 g/mol. The first-order valence-corrected chi connectivity index (χ1v) is 1.79. The van der Waals surface area contributed by atoms with Crippen LogP contribution in [0.4, 0.5) is 0 Å². The van der Waals surface area contributed by atoms with E-state index in [0.717, 1.165) is 4.48 Å². The van der Waals surface area contributed by atoms with Gasteiger partial charge in [-0.05, 0) is 0 Å². The van der Waals surface area contributed by atoms with E-state index >= 15 is 0 Å². The highest BCUT2D eigenvalue weighted by atomic mass is 19.0. The minimum atomic E-state index is 0. The highest BCUT2D eigenvalue weighted by molar-refractivity contribution is 3.87. The molecule has 0 unspecified atom stereocenters. The van der Waals surface area contributed by atoms with Crippen molar-refractivity contribution >= 4 is 0 Å². The van der Waals surface area contributed by atoms with Crippen molar-refractivity contribution < 1.29 is 9.19 Å². The minimum Gasteiger partial charge on any atom is -1.00 e.